The molecule has 0 aliphatic rings. The fraction of sp³-hybridized carbons (Fsp3) is 0.278. The van der Waals surface area contributed by atoms with Crippen LogP contribution in [0.4, 0.5) is 0 Å². The van der Waals surface area contributed by atoms with Crippen molar-refractivity contribution in [1.29, 1.82) is 0 Å². The second-order valence-corrected chi connectivity index (χ2v) is 5.05. The summed E-state index contributed by atoms with van der Waals surface area (Å²) in [5.74, 6) is 1.82. The molecule has 2 aromatic rings. The lowest BCUT2D eigenvalue weighted by Gasteiger charge is -2.15. The molecule has 0 aromatic heterocycles. The molecule has 0 aliphatic heterocycles. The molecule has 0 radical (unpaired) electrons. The third-order valence-corrected chi connectivity index (χ3v) is 3.00. The SMILES string of the molecule is COC[C@H](C)Oc1cc(Oc2ccccc2)cc(C(C)=O)c1. The Balaban J connectivity index is 2.25. The van der Waals surface area contributed by atoms with Crippen molar-refractivity contribution in [2.75, 3.05) is 13.7 Å². The Labute approximate surface area is 130 Å². The van der Waals surface area contributed by atoms with Gasteiger partial charge in [0.2, 0.25) is 0 Å². The summed E-state index contributed by atoms with van der Waals surface area (Å²) in [5, 5.41) is 0. The number of carbonyl (C=O) groups excluding carboxylic acids is 1. The molecule has 1 atom stereocenters. The van der Waals surface area contributed by atoms with Crippen LogP contribution in [0.2, 0.25) is 0 Å². The van der Waals surface area contributed by atoms with E-state index in [1.807, 2.05) is 37.3 Å². The zero-order chi connectivity index (χ0) is 15.9. The van der Waals surface area contributed by atoms with Gasteiger partial charge in [-0.15, -0.1) is 0 Å². The van der Waals surface area contributed by atoms with Crippen molar-refractivity contribution in [2.45, 2.75) is 20.0 Å². The van der Waals surface area contributed by atoms with Gasteiger partial charge in [-0.2, -0.15) is 0 Å². The number of ketones is 1. The van der Waals surface area contributed by atoms with Gasteiger partial charge in [-0.05, 0) is 38.1 Å². The van der Waals surface area contributed by atoms with Crippen molar-refractivity contribution >= 4 is 5.78 Å². The number of hydrogen-bond donors (Lipinski definition) is 0. The van der Waals surface area contributed by atoms with Crippen LogP contribution in [0.15, 0.2) is 48.5 Å². The van der Waals surface area contributed by atoms with Gasteiger partial charge >= 0.3 is 0 Å². The van der Waals surface area contributed by atoms with E-state index in [1.54, 1.807) is 25.3 Å². The van der Waals surface area contributed by atoms with Crippen LogP contribution < -0.4 is 9.47 Å². The molecular formula is C18H20O4. The van der Waals surface area contributed by atoms with Gasteiger partial charge in [0.05, 0.1) is 6.61 Å². The van der Waals surface area contributed by atoms with Crippen molar-refractivity contribution in [3.05, 3.63) is 54.1 Å². The van der Waals surface area contributed by atoms with Crippen LogP contribution in [-0.2, 0) is 4.74 Å². The first-order chi connectivity index (χ1) is 10.6. The lowest BCUT2D eigenvalue weighted by Crippen LogP contribution is -2.18. The van der Waals surface area contributed by atoms with Crippen LogP contribution in [0.5, 0.6) is 17.2 Å². The summed E-state index contributed by atoms with van der Waals surface area (Å²) in [7, 11) is 1.62. The molecule has 0 heterocycles. The third kappa shape index (κ3) is 4.60. The average Bonchev–Trinajstić information content (AvgIpc) is 2.48. The van der Waals surface area contributed by atoms with Crippen LogP contribution in [0.25, 0.3) is 0 Å². The summed E-state index contributed by atoms with van der Waals surface area (Å²) >= 11 is 0. The minimum Gasteiger partial charge on any atom is -0.488 e. The molecular weight excluding hydrogens is 280 g/mol. The summed E-state index contributed by atoms with van der Waals surface area (Å²) in [4.78, 5) is 11.7. The largest absolute Gasteiger partial charge is 0.488 e. The number of carbonyl (C=O) groups is 1. The van der Waals surface area contributed by atoms with E-state index in [2.05, 4.69) is 0 Å². The van der Waals surface area contributed by atoms with Crippen LogP contribution in [-0.4, -0.2) is 25.6 Å². The summed E-state index contributed by atoms with van der Waals surface area (Å²) in [5.41, 5.74) is 0.549. The zero-order valence-corrected chi connectivity index (χ0v) is 13.0. The monoisotopic (exact) mass is 300 g/mol. The number of benzene rings is 2. The highest BCUT2D eigenvalue weighted by atomic mass is 16.5. The Hall–Kier alpha value is -2.33. The molecule has 0 N–H and O–H groups in total. The Kier molecular flexibility index (Phi) is 5.55. The molecule has 0 saturated heterocycles. The molecule has 0 aliphatic carbocycles. The molecule has 4 nitrogen and oxygen atoms in total. The highest BCUT2D eigenvalue weighted by molar-refractivity contribution is 5.94. The van der Waals surface area contributed by atoms with Crippen LogP contribution in [0.3, 0.4) is 0 Å². The van der Waals surface area contributed by atoms with E-state index in [0.29, 0.717) is 29.4 Å². The first-order valence-electron chi connectivity index (χ1n) is 7.13. The maximum absolute atomic E-state index is 11.7. The summed E-state index contributed by atoms with van der Waals surface area (Å²) in [6.07, 6.45) is -0.114. The van der Waals surface area contributed by atoms with Gasteiger partial charge in [-0.1, -0.05) is 18.2 Å². The molecule has 0 bridgehead atoms. The van der Waals surface area contributed by atoms with Gasteiger partial charge in [0.25, 0.3) is 0 Å². The molecule has 0 unspecified atom stereocenters. The Morgan fingerprint density at radius 3 is 2.36 bits per heavy atom. The minimum atomic E-state index is -0.114. The summed E-state index contributed by atoms with van der Waals surface area (Å²) in [6.45, 7) is 3.89. The highest BCUT2D eigenvalue weighted by Gasteiger charge is 2.10. The topological polar surface area (TPSA) is 44.8 Å². The fourth-order valence-electron chi connectivity index (χ4n) is 2.03. The average molecular weight is 300 g/mol. The normalized spacial score (nSPS) is 11.8. The number of hydrogen-bond acceptors (Lipinski definition) is 4. The van der Waals surface area contributed by atoms with E-state index < -0.39 is 0 Å². The molecule has 116 valence electrons. The molecule has 2 aromatic carbocycles. The number of para-hydroxylation sites is 1. The first-order valence-corrected chi connectivity index (χ1v) is 7.13. The van der Waals surface area contributed by atoms with Crippen LogP contribution in [0.1, 0.15) is 24.2 Å². The molecule has 0 saturated carbocycles. The minimum absolute atomic E-state index is 0.0391. The van der Waals surface area contributed by atoms with Gasteiger partial charge < -0.3 is 14.2 Å². The van der Waals surface area contributed by atoms with E-state index in [-0.39, 0.29) is 11.9 Å². The van der Waals surface area contributed by atoms with Gasteiger partial charge in [-0.3, -0.25) is 4.79 Å². The molecule has 22 heavy (non-hydrogen) atoms. The second-order valence-electron chi connectivity index (χ2n) is 5.05. The maximum Gasteiger partial charge on any atom is 0.160 e. The van der Waals surface area contributed by atoms with Crippen molar-refractivity contribution in [1.82, 2.24) is 0 Å². The number of rotatable bonds is 7. The van der Waals surface area contributed by atoms with Crippen molar-refractivity contribution in [2.24, 2.45) is 0 Å². The van der Waals surface area contributed by atoms with E-state index in [1.165, 1.54) is 6.92 Å². The lowest BCUT2D eigenvalue weighted by molar-refractivity contribution is 0.0915. The highest BCUT2D eigenvalue weighted by Crippen LogP contribution is 2.28. The Bertz CT molecular complexity index is 622. The molecule has 2 rings (SSSR count). The number of methoxy groups -OCH3 is 1. The summed E-state index contributed by atoms with van der Waals surface area (Å²) in [6, 6.07) is 14.6. The quantitative estimate of drug-likeness (QED) is 0.722. The maximum atomic E-state index is 11.7. The van der Waals surface area contributed by atoms with E-state index in [4.69, 9.17) is 14.2 Å². The standard InChI is InChI=1S/C18H20O4/c1-13(12-20-3)21-17-9-15(14(2)19)10-18(11-17)22-16-7-5-4-6-8-16/h4-11,13H,12H2,1-3H3/t13-/m0/s1. The van der Waals surface area contributed by atoms with Crippen molar-refractivity contribution in [3.8, 4) is 17.2 Å². The lowest BCUT2D eigenvalue weighted by atomic mass is 10.1. The van der Waals surface area contributed by atoms with E-state index >= 15 is 0 Å². The predicted octanol–water partition coefficient (Wildman–Crippen LogP) is 4.10. The summed E-state index contributed by atoms with van der Waals surface area (Å²) < 4.78 is 16.6. The number of ether oxygens (including phenoxy) is 3. The van der Waals surface area contributed by atoms with Crippen molar-refractivity contribution < 1.29 is 19.0 Å². The third-order valence-electron chi connectivity index (χ3n) is 3.00. The predicted molar refractivity (Wildman–Crippen MR) is 84.9 cm³/mol. The van der Waals surface area contributed by atoms with Gasteiger partial charge in [0, 0.05) is 18.7 Å². The molecule has 0 amide bonds. The van der Waals surface area contributed by atoms with Gasteiger partial charge in [0.1, 0.15) is 23.4 Å². The van der Waals surface area contributed by atoms with Crippen LogP contribution in [0, 0.1) is 0 Å². The van der Waals surface area contributed by atoms with Crippen LogP contribution >= 0.6 is 0 Å². The first kappa shape index (κ1) is 16.0. The van der Waals surface area contributed by atoms with E-state index in [9.17, 15) is 4.79 Å². The number of Topliss-reactive ketones (excluding diaryl/α,β-unsaturated/α-hetero) is 1. The molecule has 4 heteroatoms. The van der Waals surface area contributed by atoms with Gasteiger partial charge in [-0.25, -0.2) is 0 Å². The molecule has 0 spiro atoms. The van der Waals surface area contributed by atoms with E-state index in [0.717, 1.165) is 0 Å². The fourth-order valence-corrected chi connectivity index (χ4v) is 2.03. The van der Waals surface area contributed by atoms with Gasteiger partial charge in [0.15, 0.2) is 5.78 Å². The Morgan fingerprint density at radius 2 is 1.73 bits per heavy atom. The molecule has 0 fully saturated rings. The van der Waals surface area contributed by atoms with Crippen molar-refractivity contribution in [3.63, 3.8) is 0 Å². The Morgan fingerprint density at radius 1 is 1.05 bits per heavy atom. The smallest absolute Gasteiger partial charge is 0.160 e. The zero-order valence-electron chi connectivity index (χ0n) is 13.0. The second kappa shape index (κ2) is 7.61.